The Labute approximate surface area is 117 Å². The summed E-state index contributed by atoms with van der Waals surface area (Å²) < 4.78 is 38.7. The first-order valence-corrected chi connectivity index (χ1v) is 6.83. The van der Waals surface area contributed by atoms with E-state index in [1.54, 1.807) is 7.05 Å². The van der Waals surface area contributed by atoms with E-state index in [4.69, 9.17) is 0 Å². The number of halogens is 3. The maximum atomic E-state index is 12.9. The van der Waals surface area contributed by atoms with Crippen LogP contribution in [0.3, 0.4) is 0 Å². The molecule has 1 aromatic heterocycles. The number of aromatic nitrogens is 1. The zero-order valence-corrected chi connectivity index (χ0v) is 12.0. The molecule has 1 fully saturated rings. The van der Waals surface area contributed by atoms with E-state index in [2.05, 4.69) is 24.1 Å². The average molecular weight is 287 g/mol. The van der Waals surface area contributed by atoms with Crippen LogP contribution in [-0.2, 0) is 6.18 Å². The Kier molecular flexibility index (Phi) is 4.11. The number of rotatable bonds is 3. The third-order valence-electron chi connectivity index (χ3n) is 3.89. The van der Waals surface area contributed by atoms with Gasteiger partial charge in [0.2, 0.25) is 0 Å². The summed E-state index contributed by atoms with van der Waals surface area (Å²) in [6.45, 7) is 5.83. The summed E-state index contributed by atoms with van der Waals surface area (Å²) >= 11 is 0. The summed E-state index contributed by atoms with van der Waals surface area (Å²) in [5.41, 5.74) is -0.653. The number of nitrogens with zero attached hydrogens (tertiary/aromatic N) is 2. The van der Waals surface area contributed by atoms with Gasteiger partial charge in [0.05, 0.1) is 5.56 Å². The number of anilines is 2. The Bertz CT molecular complexity index is 471. The Morgan fingerprint density at radius 2 is 2.05 bits per heavy atom. The predicted octanol–water partition coefficient (Wildman–Crippen LogP) is 3.62. The van der Waals surface area contributed by atoms with Gasteiger partial charge in [-0.2, -0.15) is 13.2 Å². The van der Waals surface area contributed by atoms with E-state index in [1.165, 1.54) is 0 Å². The van der Waals surface area contributed by atoms with E-state index in [-0.39, 0.29) is 5.82 Å². The van der Waals surface area contributed by atoms with Crippen LogP contribution in [-0.4, -0.2) is 25.1 Å². The van der Waals surface area contributed by atoms with Crippen molar-refractivity contribution < 1.29 is 13.2 Å². The van der Waals surface area contributed by atoms with Crippen LogP contribution in [0.4, 0.5) is 24.8 Å². The number of pyridine rings is 1. The van der Waals surface area contributed by atoms with Crippen molar-refractivity contribution in [2.24, 2.45) is 11.8 Å². The Morgan fingerprint density at radius 3 is 2.55 bits per heavy atom. The van der Waals surface area contributed by atoms with Gasteiger partial charge in [0.25, 0.3) is 0 Å². The number of hydrogen-bond donors (Lipinski definition) is 1. The molecule has 3 nitrogen and oxygen atoms in total. The summed E-state index contributed by atoms with van der Waals surface area (Å²) in [6, 6.07) is 2.18. The van der Waals surface area contributed by atoms with Gasteiger partial charge in [-0.05, 0) is 30.4 Å². The molecule has 20 heavy (non-hydrogen) atoms. The van der Waals surface area contributed by atoms with Crippen molar-refractivity contribution in [1.29, 1.82) is 0 Å². The predicted molar refractivity (Wildman–Crippen MR) is 73.9 cm³/mol. The SMILES string of the molecule is CNc1cc(C(F)(F)F)cc(N2CCC(C(C)C)C2)n1. The maximum absolute atomic E-state index is 12.9. The van der Waals surface area contributed by atoms with E-state index in [0.717, 1.165) is 31.6 Å². The molecule has 0 radical (unpaired) electrons. The van der Waals surface area contributed by atoms with Gasteiger partial charge in [-0.1, -0.05) is 13.8 Å². The first kappa shape index (κ1) is 14.9. The summed E-state index contributed by atoms with van der Waals surface area (Å²) in [7, 11) is 1.58. The largest absolute Gasteiger partial charge is 0.416 e. The molecule has 1 aliphatic heterocycles. The molecular weight excluding hydrogens is 267 g/mol. The number of nitrogens with one attached hydrogen (secondary N) is 1. The zero-order valence-electron chi connectivity index (χ0n) is 12.0. The van der Waals surface area contributed by atoms with E-state index in [0.29, 0.717) is 17.7 Å². The highest BCUT2D eigenvalue weighted by atomic mass is 19.4. The van der Waals surface area contributed by atoms with Crippen LogP contribution in [0, 0.1) is 11.8 Å². The molecule has 0 aliphatic carbocycles. The fourth-order valence-electron chi connectivity index (χ4n) is 2.51. The van der Waals surface area contributed by atoms with Crippen molar-refractivity contribution in [3.63, 3.8) is 0 Å². The lowest BCUT2D eigenvalue weighted by Crippen LogP contribution is -2.23. The molecule has 0 aromatic carbocycles. The fraction of sp³-hybridized carbons (Fsp3) is 0.643. The summed E-state index contributed by atoms with van der Waals surface area (Å²) in [5, 5.41) is 2.70. The molecule has 1 atom stereocenters. The van der Waals surface area contributed by atoms with Gasteiger partial charge in [0.1, 0.15) is 11.6 Å². The highest BCUT2D eigenvalue weighted by Gasteiger charge is 2.33. The van der Waals surface area contributed by atoms with E-state index in [1.807, 2.05) is 4.90 Å². The molecular formula is C14H20F3N3. The normalized spacial score (nSPS) is 19.8. The first-order valence-electron chi connectivity index (χ1n) is 6.83. The highest BCUT2D eigenvalue weighted by Crippen LogP contribution is 2.34. The van der Waals surface area contributed by atoms with Crippen molar-refractivity contribution in [3.8, 4) is 0 Å². The van der Waals surface area contributed by atoms with Crippen LogP contribution >= 0.6 is 0 Å². The van der Waals surface area contributed by atoms with Crippen LogP contribution in [0.15, 0.2) is 12.1 Å². The van der Waals surface area contributed by atoms with Gasteiger partial charge < -0.3 is 10.2 Å². The number of alkyl halides is 3. The third-order valence-corrected chi connectivity index (χ3v) is 3.89. The van der Waals surface area contributed by atoms with E-state index in [9.17, 15) is 13.2 Å². The molecule has 0 saturated carbocycles. The zero-order chi connectivity index (χ0) is 14.9. The van der Waals surface area contributed by atoms with Crippen LogP contribution in [0.1, 0.15) is 25.8 Å². The lowest BCUT2D eigenvalue weighted by Gasteiger charge is -2.21. The Balaban J connectivity index is 2.28. The van der Waals surface area contributed by atoms with Crippen LogP contribution in [0.25, 0.3) is 0 Å². The second-order valence-electron chi connectivity index (χ2n) is 5.59. The second-order valence-corrected chi connectivity index (χ2v) is 5.59. The minimum atomic E-state index is -4.35. The molecule has 2 heterocycles. The van der Waals surface area contributed by atoms with Crippen LogP contribution in [0.2, 0.25) is 0 Å². The van der Waals surface area contributed by atoms with Gasteiger partial charge in [-0.3, -0.25) is 0 Å². The molecule has 1 aromatic rings. The summed E-state index contributed by atoms with van der Waals surface area (Å²) in [4.78, 5) is 6.20. The Hall–Kier alpha value is -1.46. The van der Waals surface area contributed by atoms with Gasteiger partial charge in [-0.25, -0.2) is 4.98 Å². The van der Waals surface area contributed by atoms with E-state index < -0.39 is 11.7 Å². The molecule has 1 aliphatic rings. The summed E-state index contributed by atoms with van der Waals surface area (Å²) in [5.74, 6) is 1.72. The first-order chi connectivity index (χ1) is 9.31. The molecule has 0 amide bonds. The van der Waals surface area contributed by atoms with Gasteiger partial charge in [-0.15, -0.1) is 0 Å². The topological polar surface area (TPSA) is 28.2 Å². The molecule has 0 spiro atoms. The molecule has 1 N–H and O–H groups in total. The standard InChI is InChI=1S/C14H20F3N3/c1-9(2)10-4-5-20(8-10)13-7-11(14(15,16)17)6-12(18-3)19-13/h6-7,9-10H,4-5,8H2,1-3H3,(H,18,19). The average Bonchev–Trinajstić information content (AvgIpc) is 2.87. The monoisotopic (exact) mass is 287 g/mol. The molecule has 112 valence electrons. The molecule has 0 bridgehead atoms. The van der Waals surface area contributed by atoms with Crippen LogP contribution < -0.4 is 10.2 Å². The summed E-state index contributed by atoms with van der Waals surface area (Å²) in [6.07, 6.45) is -3.34. The lowest BCUT2D eigenvalue weighted by molar-refractivity contribution is -0.137. The minimum Gasteiger partial charge on any atom is -0.373 e. The number of hydrogen-bond acceptors (Lipinski definition) is 3. The van der Waals surface area contributed by atoms with Gasteiger partial charge in [0, 0.05) is 20.1 Å². The second kappa shape index (κ2) is 5.50. The maximum Gasteiger partial charge on any atom is 0.416 e. The van der Waals surface area contributed by atoms with Crippen molar-refractivity contribution in [1.82, 2.24) is 4.98 Å². The van der Waals surface area contributed by atoms with Crippen molar-refractivity contribution >= 4 is 11.6 Å². The molecule has 2 rings (SSSR count). The van der Waals surface area contributed by atoms with Crippen LogP contribution in [0.5, 0.6) is 0 Å². The molecule has 1 unspecified atom stereocenters. The smallest absolute Gasteiger partial charge is 0.373 e. The van der Waals surface area contributed by atoms with Crippen molar-refractivity contribution in [3.05, 3.63) is 17.7 Å². The molecule has 1 saturated heterocycles. The highest BCUT2D eigenvalue weighted by molar-refractivity contribution is 5.51. The Morgan fingerprint density at radius 1 is 1.35 bits per heavy atom. The third kappa shape index (κ3) is 3.16. The van der Waals surface area contributed by atoms with Gasteiger partial charge in [0.15, 0.2) is 0 Å². The van der Waals surface area contributed by atoms with Gasteiger partial charge >= 0.3 is 6.18 Å². The van der Waals surface area contributed by atoms with Crippen molar-refractivity contribution in [2.75, 3.05) is 30.4 Å². The minimum absolute atomic E-state index is 0.253. The fourth-order valence-corrected chi connectivity index (χ4v) is 2.51. The quantitative estimate of drug-likeness (QED) is 0.920. The lowest BCUT2D eigenvalue weighted by atomic mass is 9.95. The molecule has 6 heteroatoms. The van der Waals surface area contributed by atoms with Crippen molar-refractivity contribution in [2.45, 2.75) is 26.4 Å². The van der Waals surface area contributed by atoms with E-state index >= 15 is 0 Å².